The van der Waals surface area contributed by atoms with Gasteiger partial charge in [0.05, 0.1) is 0 Å². The molecule has 0 spiro atoms. The Balaban J connectivity index is 0.000000185. The molecule has 0 unspecified atom stereocenters. The lowest BCUT2D eigenvalue weighted by molar-refractivity contribution is -0.132. The molecule has 0 aliphatic heterocycles. The minimum Gasteiger partial charge on any atom is -0.478 e. The summed E-state index contributed by atoms with van der Waals surface area (Å²) in [5.41, 5.74) is 0.389. The molecular formula is C15H16O2. The number of carbonyl (C=O) groups is 1. The minimum absolute atomic E-state index is 0.389. The molecule has 88 valence electrons. The number of carboxylic acids is 1. The summed E-state index contributed by atoms with van der Waals surface area (Å²) < 4.78 is 0. The Kier molecular flexibility index (Phi) is 4.95. The number of rotatable bonds is 1. The molecule has 0 aromatic heterocycles. The first kappa shape index (κ1) is 13.0. The Morgan fingerprint density at radius 2 is 1.35 bits per heavy atom. The van der Waals surface area contributed by atoms with Crippen LogP contribution in [0.5, 0.6) is 0 Å². The predicted molar refractivity (Wildman–Crippen MR) is 71.0 cm³/mol. The number of hydrogen-bond acceptors (Lipinski definition) is 1. The molecule has 17 heavy (non-hydrogen) atoms. The molecule has 0 atom stereocenters. The molecular weight excluding hydrogens is 212 g/mol. The lowest BCUT2D eigenvalue weighted by Gasteiger charge is -1.92. The van der Waals surface area contributed by atoms with E-state index in [0.29, 0.717) is 5.57 Å². The summed E-state index contributed by atoms with van der Waals surface area (Å²) in [4.78, 5) is 9.86. The third kappa shape index (κ3) is 4.11. The van der Waals surface area contributed by atoms with Crippen LogP contribution in [0.25, 0.3) is 10.8 Å². The highest BCUT2D eigenvalue weighted by atomic mass is 16.4. The van der Waals surface area contributed by atoms with Crippen molar-refractivity contribution >= 4 is 16.7 Å². The van der Waals surface area contributed by atoms with Crippen molar-refractivity contribution in [3.63, 3.8) is 0 Å². The van der Waals surface area contributed by atoms with Gasteiger partial charge in [0.25, 0.3) is 0 Å². The van der Waals surface area contributed by atoms with Crippen molar-refractivity contribution in [1.29, 1.82) is 0 Å². The average molecular weight is 228 g/mol. The third-order valence-corrected chi connectivity index (χ3v) is 2.43. The summed E-state index contributed by atoms with van der Waals surface area (Å²) in [6.45, 7) is 3.26. The van der Waals surface area contributed by atoms with E-state index in [9.17, 15) is 4.79 Å². The van der Waals surface area contributed by atoms with E-state index in [1.54, 1.807) is 19.9 Å². The fourth-order valence-electron chi connectivity index (χ4n) is 1.26. The number of benzene rings is 2. The number of carboxylic acid groups (broad SMARTS) is 1. The maximum Gasteiger partial charge on any atom is 0.330 e. The molecule has 1 N–H and O–H groups in total. The van der Waals surface area contributed by atoms with Gasteiger partial charge >= 0.3 is 5.97 Å². The van der Waals surface area contributed by atoms with E-state index in [1.165, 1.54) is 10.8 Å². The van der Waals surface area contributed by atoms with Gasteiger partial charge in [0.2, 0.25) is 0 Å². The standard InChI is InChI=1S/C10H8.C5H8O2/c1-2-6-10-8-4-3-7-9(10)5-1;1-3-4(2)5(6)7/h1-8H;3H,1-2H3,(H,6,7). The quantitative estimate of drug-likeness (QED) is 0.752. The van der Waals surface area contributed by atoms with Crippen LogP contribution in [0.1, 0.15) is 13.8 Å². The van der Waals surface area contributed by atoms with Crippen LogP contribution >= 0.6 is 0 Å². The first-order valence-electron chi connectivity index (χ1n) is 5.45. The molecule has 2 aromatic carbocycles. The van der Waals surface area contributed by atoms with E-state index in [1.807, 2.05) is 0 Å². The topological polar surface area (TPSA) is 37.3 Å². The van der Waals surface area contributed by atoms with Gasteiger partial charge in [-0.05, 0) is 24.6 Å². The van der Waals surface area contributed by atoms with Gasteiger partial charge in [0, 0.05) is 5.57 Å². The van der Waals surface area contributed by atoms with Crippen molar-refractivity contribution in [2.45, 2.75) is 13.8 Å². The molecule has 0 aliphatic carbocycles. The van der Waals surface area contributed by atoms with Crippen LogP contribution in [0, 0.1) is 0 Å². The summed E-state index contributed by atoms with van der Waals surface area (Å²) in [6.07, 6.45) is 1.56. The van der Waals surface area contributed by atoms with Gasteiger partial charge in [0.1, 0.15) is 0 Å². The molecule has 2 aromatic rings. The normalized spacial score (nSPS) is 10.6. The van der Waals surface area contributed by atoms with Gasteiger partial charge in [-0.1, -0.05) is 54.6 Å². The van der Waals surface area contributed by atoms with Crippen molar-refractivity contribution in [2.75, 3.05) is 0 Å². The van der Waals surface area contributed by atoms with Crippen LogP contribution in [-0.2, 0) is 4.79 Å². The molecule has 2 heteroatoms. The van der Waals surface area contributed by atoms with Gasteiger partial charge in [-0.2, -0.15) is 0 Å². The molecule has 0 heterocycles. The number of aliphatic carboxylic acids is 1. The second-order valence-electron chi connectivity index (χ2n) is 3.62. The van der Waals surface area contributed by atoms with Crippen LogP contribution in [0.2, 0.25) is 0 Å². The summed E-state index contributed by atoms with van der Waals surface area (Å²) in [7, 11) is 0. The smallest absolute Gasteiger partial charge is 0.330 e. The fraction of sp³-hybridized carbons (Fsp3) is 0.133. The third-order valence-electron chi connectivity index (χ3n) is 2.43. The monoisotopic (exact) mass is 228 g/mol. The SMILES string of the molecule is CC=C(C)C(=O)O.c1ccc2ccccc2c1. The van der Waals surface area contributed by atoms with Crippen molar-refractivity contribution < 1.29 is 9.90 Å². The fourth-order valence-corrected chi connectivity index (χ4v) is 1.26. The number of fused-ring (bicyclic) bond motifs is 1. The Morgan fingerprint density at radius 1 is 1.00 bits per heavy atom. The second-order valence-corrected chi connectivity index (χ2v) is 3.62. The van der Waals surface area contributed by atoms with Crippen molar-refractivity contribution in [3.8, 4) is 0 Å². The highest BCUT2D eigenvalue weighted by molar-refractivity contribution is 5.85. The van der Waals surface area contributed by atoms with Crippen LogP contribution in [0.4, 0.5) is 0 Å². The van der Waals surface area contributed by atoms with E-state index >= 15 is 0 Å². The molecule has 0 saturated carbocycles. The Hall–Kier alpha value is -2.09. The molecule has 0 amide bonds. The Morgan fingerprint density at radius 3 is 1.53 bits per heavy atom. The summed E-state index contributed by atoms with van der Waals surface area (Å²) in [5.74, 6) is -0.845. The molecule has 2 rings (SSSR count). The van der Waals surface area contributed by atoms with E-state index in [-0.39, 0.29) is 0 Å². The molecule has 0 aliphatic rings. The van der Waals surface area contributed by atoms with Crippen LogP contribution in [0.3, 0.4) is 0 Å². The predicted octanol–water partition coefficient (Wildman–Crippen LogP) is 3.88. The van der Waals surface area contributed by atoms with E-state index in [0.717, 1.165) is 0 Å². The maximum atomic E-state index is 9.86. The van der Waals surface area contributed by atoms with Crippen molar-refractivity contribution in [3.05, 3.63) is 60.2 Å². The highest BCUT2D eigenvalue weighted by Crippen LogP contribution is 2.11. The zero-order valence-electron chi connectivity index (χ0n) is 10.1. The van der Waals surface area contributed by atoms with Crippen LogP contribution in [-0.4, -0.2) is 11.1 Å². The van der Waals surface area contributed by atoms with Gasteiger partial charge in [-0.3, -0.25) is 0 Å². The van der Waals surface area contributed by atoms with E-state index < -0.39 is 5.97 Å². The van der Waals surface area contributed by atoms with Gasteiger partial charge in [0.15, 0.2) is 0 Å². The van der Waals surface area contributed by atoms with Gasteiger partial charge < -0.3 is 5.11 Å². The Bertz CT molecular complexity index is 462. The minimum atomic E-state index is -0.845. The highest BCUT2D eigenvalue weighted by Gasteiger charge is 1.93. The summed E-state index contributed by atoms with van der Waals surface area (Å²) in [6, 6.07) is 16.7. The average Bonchev–Trinajstić information content (AvgIpc) is 2.38. The van der Waals surface area contributed by atoms with E-state index in [4.69, 9.17) is 5.11 Å². The maximum absolute atomic E-state index is 9.86. The molecule has 0 saturated heterocycles. The van der Waals surface area contributed by atoms with Crippen molar-refractivity contribution in [2.24, 2.45) is 0 Å². The summed E-state index contributed by atoms with van der Waals surface area (Å²) in [5, 5.41) is 10.7. The van der Waals surface area contributed by atoms with Crippen molar-refractivity contribution in [1.82, 2.24) is 0 Å². The second kappa shape index (κ2) is 6.48. The summed E-state index contributed by atoms with van der Waals surface area (Å²) >= 11 is 0. The Labute approximate surface area is 101 Å². The molecule has 0 radical (unpaired) electrons. The van der Waals surface area contributed by atoms with E-state index in [2.05, 4.69) is 48.5 Å². The molecule has 0 fully saturated rings. The van der Waals surface area contributed by atoms with Gasteiger partial charge in [-0.25, -0.2) is 4.79 Å². The number of hydrogen-bond donors (Lipinski definition) is 1. The zero-order valence-corrected chi connectivity index (χ0v) is 10.1. The number of allylic oxidation sites excluding steroid dienone is 1. The molecule has 2 nitrogen and oxygen atoms in total. The van der Waals surface area contributed by atoms with Crippen LogP contribution in [0.15, 0.2) is 60.2 Å². The first-order chi connectivity index (χ1) is 8.15. The largest absolute Gasteiger partial charge is 0.478 e. The lowest BCUT2D eigenvalue weighted by Crippen LogP contribution is -1.93. The van der Waals surface area contributed by atoms with Crippen LogP contribution < -0.4 is 0 Å². The zero-order chi connectivity index (χ0) is 12.7. The van der Waals surface area contributed by atoms with Gasteiger partial charge in [-0.15, -0.1) is 0 Å². The molecule has 0 bridgehead atoms. The first-order valence-corrected chi connectivity index (χ1v) is 5.45. The lowest BCUT2D eigenvalue weighted by atomic mass is 10.1.